The van der Waals surface area contributed by atoms with E-state index in [0.29, 0.717) is 10.6 Å². The molecule has 1 amide bonds. The molecule has 3 aromatic rings. The number of hydrogen-bond acceptors (Lipinski definition) is 1. The molecule has 0 aliphatic rings. The van der Waals surface area contributed by atoms with Crippen molar-refractivity contribution in [3.8, 4) is 5.69 Å². The Morgan fingerprint density at radius 2 is 1.52 bits per heavy atom. The van der Waals surface area contributed by atoms with E-state index in [1.807, 2.05) is 58.0 Å². The SMILES string of the molecule is Cc1cccc(C)c1NC(=O)c1cc(-n2c(C)ccc2C)ccc1Cl. The molecular formula is C21H21ClN2O. The van der Waals surface area contributed by atoms with Gasteiger partial charge in [-0.05, 0) is 69.2 Å². The van der Waals surface area contributed by atoms with E-state index >= 15 is 0 Å². The van der Waals surface area contributed by atoms with E-state index in [1.165, 1.54) is 0 Å². The summed E-state index contributed by atoms with van der Waals surface area (Å²) in [6, 6.07) is 15.6. The molecule has 0 aliphatic carbocycles. The third kappa shape index (κ3) is 3.33. The second-order valence-corrected chi connectivity index (χ2v) is 6.74. The van der Waals surface area contributed by atoms with E-state index < -0.39 is 0 Å². The molecule has 4 heteroatoms. The largest absolute Gasteiger partial charge is 0.321 e. The van der Waals surface area contributed by atoms with Crippen molar-refractivity contribution in [2.45, 2.75) is 27.7 Å². The first-order valence-corrected chi connectivity index (χ1v) is 8.58. The molecule has 0 bridgehead atoms. The average Bonchev–Trinajstić information content (AvgIpc) is 2.90. The molecule has 0 unspecified atom stereocenters. The van der Waals surface area contributed by atoms with Gasteiger partial charge < -0.3 is 9.88 Å². The van der Waals surface area contributed by atoms with Gasteiger partial charge in [-0.2, -0.15) is 0 Å². The number of hydrogen-bond donors (Lipinski definition) is 1. The van der Waals surface area contributed by atoms with Crippen LogP contribution in [0.1, 0.15) is 32.9 Å². The van der Waals surface area contributed by atoms with Crippen molar-refractivity contribution < 1.29 is 4.79 Å². The lowest BCUT2D eigenvalue weighted by Gasteiger charge is -2.14. The van der Waals surface area contributed by atoms with Gasteiger partial charge in [0.2, 0.25) is 0 Å². The van der Waals surface area contributed by atoms with Crippen molar-refractivity contribution in [3.63, 3.8) is 0 Å². The molecule has 1 aromatic heterocycles. The minimum atomic E-state index is -0.202. The van der Waals surface area contributed by atoms with E-state index in [-0.39, 0.29) is 5.91 Å². The van der Waals surface area contributed by atoms with Crippen LogP contribution >= 0.6 is 11.6 Å². The maximum Gasteiger partial charge on any atom is 0.257 e. The number of nitrogens with one attached hydrogen (secondary N) is 1. The second-order valence-electron chi connectivity index (χ2n) is 6.34. The standard InChI is InChI=1S/C21H21ClN2O/c1-13-6-5-7-14(2)20(13)23-21(25)18-12-17(10-11-19(18)22)24-15(3)8-9-16(24)4/h5-12H,1-4H3,(H,23,25). The zero-order chi connectivity index (χ0) is 18.1. The first-order valence-electron chi connectivity index (χ1n) is 8.21. The molecule has 0 saturated carbocycles. The van der Waals surface area contributed by atoms with Crippen molar-refractivity contribution in [1.29, 1.82) is 0 Å². The van der Waals surface area contributed by atoms with Crippen molar-refractivity contribution in [3.05, 3.63) is 81.6 Å². The number of carbonyl (C=O) groups is 1. The Kier molecular flexibility index (Phi) is 4.69. The number of aryl methyl sites for hydroxylation is 4. The summed E-state index contributed by atoms with van der Waals surface area (Å²) in [5.74, 6) is -0.202. The fourth-order valence-corrected chi connectivity index (χ4v) is 3.30. The van der Waals surface area contributed by atoms with Gasteiger partial charge in [0.25, 0.3) is 5.91 Å². The molecule has 3 rings (SSSR count). The molecule has 0 fully saturated rings. The van der Waals surface area contributed by atoms with Crippen molar-refractivity contribution in [1.82, 2.24) is 4.57 Å². The predicted octanol–water partition coefficient (Wildman–Crippen LogP) is 5.62. The quantitative estimate of drug-likeness (QED) is 0.652. The first-order chi connectivity index (χ1) is 11.9. The number of carbonyl (C=O) groups excluding carboxylic acids is 1. The number of anilines is 1. The first kappa shape index (κ1) is 17.3. The zero-order valence-electron chi connectivity index (χ0n) is 14.9. The van der Waals surface area contributed by atoms with Gasteiger partial charge in [0, 0.05) is 22.8 Å². The van der Waals surface area contributed by atoms with Crippen LogP contribution in [0.5, 0.6) is 0 Å². The molecule has 0 aliphatic heterocycles. The van der Waals surface area contributed by atoms with Crippen LogP contribution in [0, 0.1) is 27.7 Å². The van der Waals surface area contributed by atoms with Crippen LogP contribution in [-0.4, -0.2) is 10.5 Å². The maximum atomic E-state index is 12.8. The highest BCUT2D eigenvalue weighted by molar-refractivity contribution is 6.34. The second kappa shape index (κ2) is 6.77. The molecular weight excluding hydrogens is 332 g/mol. The molecule has 0 radical (unpaired) electrons. The summed E-state index contributed by atoms with van der Waals surface area (Å²) in [5, 5.41) is 3.44. The summed E-state index contributed by atoms with van der Waals surface area (Å²) in [7, 11) is 0. The van der Waals surface area contributed by atoms with Crippen LogP contribution in [-0.2, 0) is 0 Å². The summed E-state index contributed by atoms with van der Waals surface area (Å²) >= 11 is 6.31. The van der Waals surface area contributed by atoms with Crippen molar-refractivity contribution in [2.75, 3.05) is 5.32 Å². The fourth-order valence-electron chi connectivity index (χ4n) is 3.09. The number of rotatable bonds is 3. The van der Waals surface area contributed by atoms with Crippen LogP contribution < -0.4 is 5.32 Å². The maximum absolute atomic E-state index is 12.8. The Morgan fingerprint density at radius 3 is 2.12 bits per heavy atom. The van der Waals surface area contributed by atoms with E-state index in [2.05, 4.69) is 22.0 Å². The van der Waals surface area contributed by atoms with Crippen LogP contribution in [0.15, 0.2) is 48.5 Å². The monoisotopic (exact) mass is 352 g/mol. The minimum absolute atomic E-state index is 0.202. The molecule has 1 N–H and O–H groups in total. The summed E-state index contributed by atoms with van der Waals surface area (Å²) in [6.07, 6.45) is 0. The number of halogens is 1. The molecule has 25 heavy (non-hydrogen) atoms. The van der Waals surface area contributed by atoms with Gasteiger partial charge in [-0.15, -0.1) is 0 Å². The third-order valence-corrected chi connectivity index (χ3v) is 4.77. The normalized spacial score (nSPS) is 10.8. The summed E-state index contributed by atoms with van der Waals surface area (Å²) in [5.41, 5.74) is 6.50. The van der Waals surface area contributed by atoms with Gasteiger partial charge >= 0.3 is 0 Å². The van der Waals surface area contributed by atoms with Crippen LogP contribution in [0.3, 0.4) is 0 Å². The van der Waals surface area contributed by atoms with E-state index in [4.69, 9.17) is 11.6 Å². The molecule has 0 spiro atoms. The van der Waals surface area contributed by atoms with E-state index in [9.17, 15) is 4.79 Å². The lowest BCUT2D eigenvalue weighted by molar-refractivity contribution is 0.102. The number of amides is 1. The van der Waals surface area contributed by atoms with E-state index in [0.717, 1.165) is 33.9 Å². The topological polar surface area (TPSA) is 34.0 Å². The third-order valence-electron chi connectivity index (χ3n) is 4.44. The predicted molar refractivity (Wildman–Crippen MR) is 104 cm³/mol. The Bertz CT molecular complexity index is 917. The van der Waals surface area contributed by atoms with Gasteiger partial charge in [-0.25, -0.2) is 0 Å². The van der Waals surface area contributed by atoms with Crippen molar-refractivity contribution in [2.24, 2.45) is 0 Å². The smallest absolute Gasteiger partial charge is 0.257 e. The highest BCUT2D eigenvalue weighted by atomic mass is 35.5. The number of nitrogens with zero attached hydrogens (tertiary/aromatic N) is 1. The fraction of sp³-hybridized carbons (Fsp3) is 0.190. The van der Waals surface area contributed by atoms with Crippen LogP contribution in [0.2, 0.25) is 5.02 Å². The van der Waals surface area contributed by atoms with Crippen LogP contribution in [0.25, 0.3) is 5.69 Å². The summed E-state index contributed by atoms with van der Waals surface area (Å²) in [6.45, 7) is 8.04. The van der Waals surface area contributed by atoms with Gasteiger partial charge in [-0.3, -0.25) is 4.79 Å². The Labute approximate surface area is 153 Å². The van der Waals surface area contributed by atoms with Gasteiger partial charge in [0.05, 0.1) is 10.6 Å². The lowest BCUT2D eigenvalue weighted by Crippen LogP contribution is -2.15. The Balaban J connectivity index is 2.00. The van der Waals surface area contributed by atoms with Gasteiger partial charge in [-0.1, -0.05) is 29.8 Å². The molecule has 1 heterocycles. The van der Waals surface area contributed by atoms with E-state index in [1.54, 1.807) is 6.07 Å². The van der Waals surface area contributed by atoms with Gasteiger partial charge in [0.1, 0.15) is 0 Å². The zero-order valence-corrected chi connectivity index (χ0v) is 15.6. The molecule has 0 saturated heterocycles. The number of benzene rings is 2. The number of aromatic nitrogens is 1. The molecule has 128 valence electrons. The highest BCUT2D eigenvalue weighted by Gasteiger charge is 2.15. The minimum Gasteiger partial charge on any atom is -0.321 e. The molecule has 2 aromatic carbocycles. The van der Waals surface area contributed by atoms with Crippen LogP contribution in [0.4, 0.5) is 5.69 Å². The van der Waals surface area contributed by atoms with Gasteiger partial charge in [0.15, 0.2) is 0 Å². The summed E-state index contributed by atoms with van der Waals surface area (Å²) in [4.78, 5) is 12.8. The Hall–Kier alpha value is -2.52. The highest BCUT2D eigenvalue weighted by Crippen LogP contribution is 2.25. The summed E-state index contributed by atoms with van der Waals surface area (Å²) < 4.78 is 2.10. The molecule has 0 atom stereocenters. The Morgan fingerprint density at radius 1 is 0.920 bits per heavy atom. The number of para-hydroxylation sites is 1. The lowest BCUT2D eigenvalue weighted by atomic mass is 10.1. The average molecular weight is 353 g/mol. The van der Waals surface area contributed by atoms with Crippen molar-refractivity contribution >= 4 is 23.2 Å². The molecule has 3 nitrogen and oxygen atoms in total.